The standard InChI is InChI=1S/C35H36O4/c1-34(2,3)28-20-26(30(36)22-13-9-7-10-14-22)18-24(32(28)38)17-25-19-27(21-29(33(25)39)35(4,5)6)31(37)23-15-11-8-12-16-23/h7-16,18-21,38-39H,17H2,1-6H3. The van der Waals surface area contributed by atoms with Crippen LogP contribution in [0, 0.1) is 0 Å². The van der Waals surface area contributed by atoms with E-state index >= 15 is 0 Å². The Morgan fingerprint density at radius 2 is 0.872 bits per heavy atom. The fraction of sp³-hybridized carbons (Fsp3) is 0.257. The molecule has 200 valence electrons. The van der Waals surface area contributed by atoms with Crippen LogP contribution < -0.4 is 0 Å². The van der Waals surface area contributed by atoms with Crippen LogP contribution in [0.25, 0.3) is 0 Å². The summed E-state index contributed by atoms with van der Waals surface area (Å²) in [5.41, 5.74) is 3.49. The molecule has 4 aromatic carbocycles. The Bertz CT molecular complexity index is 1400. The van der Waals surface area contributed by atoms with Gasteiger partial charge in [0.1, 0.15) is 11.5 Å². The Morgan fingerprint density at radius 3 is 1.18 bits per heavy atom. The fourth-order valence-corrected chi connectivity index (χ4v) is 4.78. The van der Waals surface area contributed by atoms with Gasteiger partial charge in [0, 0.05) is 39.8 Å². The molecule has 0 aromatic heterocycles. The number of hydrogen-bond acceptors (Lipinski definition) is 4. The van der Waals surface area contributed by atoms with Crippen LogP contribution in [0.1, 0.15) is 95.6 Å². The number of phenols is 2. The van der Waals surface area contributed by atoms with Crippen molar-refractivity contribution >= 4 is 11.6 Å². The van der Waals surface area contributed by atoms with Crippen molar-refractivity contribution in [3.63, 3.8) is 0 Å². The van der Waals surface area contributed by atoms with Crippen LogP contribution in [0.15, 0.2) is 84.9 Å². The number of phenolic OH excluding ortho intramolecular Hbond substituents is 2. The van der Waals surface area contributed by atoms with Gasteiger partial charge in [-0.3, -0.25) is 9.59 Å². The van der Waals surface area contributed by atoms with E-state index in [2.05, 4.69) is 0 Å². The largest absolute Gasteiger partial charge is 0.507 e. The third kappa shape index (κ3) is 5.96. The second-order valence-corrected chi connectivity index (χ2v) is 12.1. The predicted molar refractivity (Wildman–Crippen MR) is 156 cm³/mol. The maximum atomic E-state index is 13.4. The number of hydrogen-bond donors (Lipinski definition) is 2. The highest BCUT2D eigenvalue weighted by Crippen LogP contribution is 2.40. The van der Waals surface area contributed by atoms with Crippen molar-refractivity contribution in [1.29, 1.82) is 0 Å². The zero-order chi connectivity index (χ0) is 28.5. The molecule has 4 heteroatoms. The van der Waals surface area contributed by atoms with Crippen molar-refractivity contribution in [2.75, 3.05) is 0 Å². The average molecular weight is 521 g/mol. The van der Waals surface area contributed by atoms with Crippen LogP contribution in [0.3, 0.4) is 0 Å². The van der Waals surface area contributed by atoms with Gasteiger partial charge in [0.15, 0.2) is 11.6 Å². The highest BCUT2D eigenvalue weighted by Gasteiger charge is 2.27. The summed E-state index contributed by atoms with van der Waals surface area (Å²) >= 11 is 0. The molecule has 4 aromatic rings. The second-order valence-electron chi connectivity index (χ2n) is 12.1. The lowest BCUT2D eigenvalue weighted by Gasteiger charge is -2.25. The molecule has 39 heavy (non-hydrogen) atoms. The monoisotopic (exact) mass is 520 g/mol. The van der Waals surface area contributed by atoms with Gasteiger partial charge in [0.05, 0.1) is 0 Å². The number of benzene rings is 4. The molecule has 0 aliphatic carbocycles. The topological polar surface area (TPSA) is 74.6 Å². The molecule has 0 aliphatic rings. The van der Waals surface area contributed by atoms with Crippen molar-refractivity contribution in [1.82, 2.24) is 0 Å². The summed E-state index contributed by atoms with van der Waals surface area (Å²) in [6.07, 6.45) is 0.148. The first kappa shape index (κ1) is 27.8. The first-order valence-electron chi connectivity index (χ1n) is 13.2. The molecule has 0 fully saturated rings. The van der Waals surface area contributed by atoms with Crippen LogP contribution in [0.4, 0.5) is 0 Å². The number of carbonyl (C=O) groups is 2. The van der Waals surface area contributed by atoms with Crippen LogP contribution in [-0.2, 0) is 17.3 Å². The Kier molecular flexibility index (Phi) is 7.52. The fourth-order valence-electron chi connectivity index (χ4n) is 4.78. The van der Waals surface area contributed by atoms with E-state index in [9.17, 15) is 19.8 Å². The van der Waals surface area contributed by atoms with E-state index in [1.165, 1.54) is 0 Å². The third-order valence-corrected chi connectivity index (χ3v) is 6.97. The summed E-state index contributed by atoms with van der Waals surface area (Å²) in [7, 11) is 0. The second kappa shape index (κ2) is 10.5. The molecular weight excluding hydrogens is 484 g/mol. The quantitative estimate of drug-likeness (QED) is 0.255. The number of carbonyl (C=O) groups excluding carboxylic acids is 2. The lowest BCUT2D eigenvalue weighted by atomic mass is 9.80. The minimum Gasteiger partial charge on any atom is -0.507 e. The van der Waals surface area contributed by atoms with Crippen LogP contribution in [-0.4, -0.2) is 21.8 Å². The maximum Gasteiger partial charge on any atom is 0.193 e. The van der Waals surface area contributed by atoms with Crippen molar-refractivity contribution in [3.8, 4) is 11.5 Å². The van der Waals surface area contributed by atoms with Crippen molar-refractivity contribution in [2.24, 2.45) is 0 Å². The summed E-state index contributed by atoms with van der Waals surface area (Å²) in [6, 6.07) is 25.0. The molecule has 4 nitrogen and oxygen atoms in total. The zero-order valence-electron chi connectivity index (χ0n) is 23.5. The number of ketones is 2. The first-order valence-corrected chi connectivity index (χ1v) is 13.2. The van der Waals surface area contributed by atoms with E-state index in [0.717, 1.165) is 0 Å². The molecule has 0 amide bonds. The van der Waals surface area contributed by atoms with Crippen molar-refractivity contribution in [3.05, 3.63) is 129 Å². The van der Waals surface area contributed by atoms with Gasteiger partial charge in [-0.15, -0.1) is 0 Å². The van der Waals surface area contributed by atoms with Gasteiger partial charge < -0.3 is 10.2 Å². The Morgan fingerprint density at radius 1 is 0.538 bits per heavy atom. The van der Waals surface area contributed by atoms with Gasteiger partial charge >= 0.3 is 0 Å². The molecular formula is C35H36O4. The number of rotatable bonds is 6. The van der Waals surface area contributed by atoms with Crippen molar-refractivity contribution < 1.29 is 19.8 Å². The van der Waals surface area contributed by atoms with Gasteiger partial charge in [-0.25, -0.2) is 0 Å². The lowest BCUT2D eigenvalue weighted by molar-refractivity contribution is 0.103. The Balaban J connectivity index is 1.88. The molecule has 0 atom stereocenters. The molecule has 0 spiro atoms. The third-order valence-electron chi connectivity index (χ3n) is 6.97. The Labute approximate surface area is 231 Å². The smallest absolute Gasteiger partial charge is 0.193 e. The molecule has 0 saturated carbocycles. The average Bonchev–Trinajstić information content (AvgIpc) is 2.89. The summed E-state index contributed by atoms with van der Waals surface area (Å²) < 4.78 is 0. The molecule has 0 unspecified atom stereocenters. The summed E-state index contributed by atoms with van der Waals surface area (Å²) in [5.74, 6) is -0.114. The molecule has 2 N–H and O–H groups in total. The minimum atomic E-state index is -0.435. The summed E-state index contributed by atoms with van der Waals surface area (Å²) in [5, 5.41) is 22.8. The van der Waals surface area contributed by atoms with Crippen LogP contribution in [0.5, 0.6) is 11.5 Å². The zero-order valence-corrected chi connectivity index (χ0v) is 23.5. The van der Waals surface area contributed by atoms with E-state index in [1.54, 1.807) is 48.5 Å². The van der Waals surface area contributed by atoms with Gasteiger partial charge in [0.25, 0.3) is 0 Å². The van der Waals surface area contributed by atoms with Gasteiger partial charge in [0.2, 0.25) is 0 Å². The molecule has 0 bridgehead atoms. The lowest BCUT2D eigenvalue weighted by Crippen LogP contribution is -2.16. The van der Waals surface area contributed by atoms with Crippen LogP contribution in [0.2, 0.25) is 0 Å². The van der Waals surface area contributed by atoms with E-state index in [-0.39, 0.29) is 29.5 Å². The normalized spacial score (nSPS) is 11.8. The first-order chi connectivity index (χ1) is 18.3. The SMILES string of the molecule is CC(C)(C)c1cc(C(=O)c2ccccc2)cc(Cc2cc(C(=O)c3ccccc3)cc(C(C)(C)C)c2O)c1O. The molecule has 4 rings (SSSR count). The molecule has 0 aliphatic heterocycles. The van der Waals surface area contributed by atoms with Crippen molar-refractivity contribution in [2.45, 2.75) is 58.8 Å². The molecule has 0 radical (unpaired) electrons. The molecule has 0 heterocycles. The van der Waals surface area contributed by atoms with E-state index in [0.29, 0.717) is 44.5 Å². The van der Waals surface area contributed by atoms with Gasteiger partial charge in [-0.05, 0) is 46.2 Å². The van der Waals surface area contributed by atoms with Crippen LogP contribution >= 0.6 is 0 Å². The van der Waals surface area contributed by atoms with Gasteiger partial charge in [-0.1, -0.05) is 102 Å². The highest BCUT2D eigenvalue weighted by molar-refractivity contribution is 6.10. The predicted octanol–water partition coefficient (Wildman–Crippen LogP) is 7.75. The van der Waals surface area contributed by atoms with E-state index in [4.69, 9.17) is 0 Å². The summed E-state index contributed by atoms with van der Waals surface area (Å²) in [4.78, 5) is 26.8. The maximum absolute atomic E-state index is 13.4. The Hall–Kier alpha value is -4.18. The summed E-state index contributed by atoms with van der Waals surface area (Å²) in [6.45, 7) is 11.9. The van der Waals surface area contributed by atoms with E-state index in [1.807, 2.05) is 77.9 Å². The minimum absolute atomic E-state index is 0.0867. The van der Waals surface area contributed by atoms with E-state index < -0.39 is 10.8 Å². The molecule has 0 saturated heterocycles. The number of aromatic hydroxyl groups is 2. The highest BCUT2D eigenvalue weighted by atomic mass is 16.3. The van der Waals surface area contributed by atoms with Gasteiger partial charge in [-0.2, -0.15) is 0 Å².